The lowest BCUT2D eigenvalue weighted by Crippen LogP contribution is -2.42. The predicted octanol–water partition coefficient (Wildman–Crippen LogP) is 1.09. The Morgan fingerprint density at radius 1 is 1.48 bits per heavy atom. The Labute approximate surface area is 124 Å². The molecule has 2 atom stereocenters. The normalized spacial score (nSPS) is 22.7. The smallest absolute Gasteiger partial charge is 0.317 e. The van der Waals surface area contributed by atoms with E-state index in [2.05, 4.69) is 24.1 Å². The van der Waals surface area contributed by atoms with Crippen LogP contribution < -0.4 is 5.32 Å². The van der Waals surface area contributed by atoms with E-state index < -0.39 is 5.97 Å². The first-order chi connectivity index (χ1) is 9.88. The topological polar surface area (TPSA) is 85.4 Å². The summed E-state index contributed by atoms with van der Waals surface area (Å²) in [7, 11) is 0. The number of carboxylic acid groups (broad SMARTS) is 1. The number of likely N-dealkylation sites (tertiary alicyclic amines) is 1. The predicted molar refractivity (Wildman–Crippen MR) is 79.2 cm³/mol. The number of carbonyl (C=O) groups excluding carboxylic acids is 1. The third kappa shape index (κ3) is 3.64. The Hall–Kier alpha value is -1.82. The van der Waals surface area contributed by atoms with E-state index in [1.54, 1.807) is 12.3 Å². The molecule has 3 N–H and O–H groups in total. The molecule has 0 aromatic carbocycles. The summed E-state index contributed by atoms with van der Waals surface area (Å²) in [5.74, 6) is -0.262. The van der Waals surface area contributed by atoms with E-state index in [9.17, 15) is 9.59 Å². The number of rotatable bonds is 5. The molecule has 21 heavy (non-hydrogen) atoms. The van der Waals surface area contributed by atoms with Gasteiger partial charge in [-0.3, -0.25) is 14.5 Å². The zero-order valence-electron chi connectivity index (χ0n) is 12.7. The van der Waals surface area contributed by atoms with Crippen LogP contribution in [0.3, 0.4) is 0 Å². The average molecular weight is 293 g/mol. The monoisotopic (exact) mass is 293 g/mol. The summed E-state index contributed by atoms with van der Waals surface area (Å²) >= 11 is 0. The first-order valence-corrected chi connectivity index (χ1v) is 7.27. The molecule has 1 aromatic rings. The Morgan fingerprint density at radius 2 is 2.19 bits per heavy atom. The van der Waals surface area contributed by atoms with E-state index in [4.69, 9.17) is 5.11 Å². The number of hydrogen-bond acceptors (Lipinski definition) is 3. The minimum Gasteiger partial charge on any atom is -0.480 e. The van der Waals surface area contributed by atoms with Gasteiger partial charge in [-0.05, 0) is 24.8 Å². The van der Waals surface area contributed by atoms with Crippen molar-refractivity contribution in [3.05, 3.63) is 23.5 Å². The summed E-state index contributed by atoms with van der Waals surface area (Å²) in [5.41, 5.74) is 1.49. The third-order valence-electron chi connectivity index (χ3n) is 4.17. The molecule has 6 heteroatoms. The third-order valence-corrected chi connectivity index (χ3v) is 4.17. The van der Waals surface area contributed by atoms with Gasteiger partial charge in [0.1, 0.15) is 0 Å². The quantitative estimate of drug-likeness (QED) is 0.758. The maximum Gasteiger partial charge on any atom is 0.317 e. The number of nitrogens with zero attached hydrogens (tertiary/aromatic N) is 1. The first kappa shape index (κ1) is 15.6. The maximum atomic E-state index is 12.3. The number of H-pyrrole nitrogens is 1. The van der Waals surface area contributed by atoms with Gasteiger partial charge in [0.25, 0.3) is 5.91 Å². The number of aromatic amines is 1. The van der Waals surface area contributed by atoms with Crippen molar-refractivity contribution in [3.63, 3.8) is 0 Å². The van der Waals surface area contributed by atoms with Crippen LogP contribution in [-0.2, 0) is 4.79 Å². The largest absolute Gasteiger partial charge is 0.480 e. The van der Waals surface area contributed by atoms with Gasteiger partial charge in [-0.1, -0.05) is 13.8 Å². The molecule has 1 aliphatic heterocycles. The fourth-order valence-corrected chi connectivity index (χ4v) is 3.01. The van der Waals surface area contributed by atoms with Crippen molar-refractivity contribution in [2.75, 3.05) is 19.6 Å². The highest BCUT2D eigenvalue weighted by molar-refractivity contribution is 5.95. The summed E-state index contributed by atoms with van der Waals surface area (Å²) in [6, 6.07) is 1.75. The van der Waals surface area contributed by atoms with Crippen LogP contribution in [0.2, 0.25) is 0 Å². The maximum absolute atomic E-state index is 12.3. The SMILES string of the molecule is Cc1[nH]ccc1C(=O)N[C@@H]1CN(CC(=O)O)C[C@H]1C(C)C. The Kier molecular flexibility index (Phi) is 4.67. The summed E-state index contributed by atoms with van der Waals surface area (Å²) in [4.78, 5) is 28.1. The van der Waals surface area contributed by atoms with Crippen LogP contribution in [0.5, 0.6) is 0 Å². The highest BCUT2D eigenvalue weighted by Gasteiger charge is 2.36. The van der Waals surface area contributed by atoms with Crippen molar-refractivity contribution in [1.29, 1.82) is 0 Å². The second-order valence-corrected chi connectivity index (χ2v) is 6.09. The molecule has 0 bridgehead atoms. The fraction of sp³-hybridized carbons (Fsp3) is 0.600. The van der Waals surface area contributed by atoms with E-state index in [0.717, 1.165) is 5.69 Å². The van der Waals surface area contributed by atoms with Crippen molar-refractivity contribution in [1.82, 2.24) is 15.2 Å². The van der Waals surface area contributed by atoms with Crippen molar-refractivity contribution in [2.24, 2.45) is 11.8 Å². The van der Waals surface area contributed by atoms with E-state index in [0.29, 0.717) is 24.6 Å². The van der Waals surface area contributed by atoms with Crippen LogP contribution in [0.1, 0.15) is 29.9 Å². The fourth-order valence-electron chi connectivity index (χ4n) is 3.01. The molecule has 0 radical (unpaired) electrons. The molecular weight excluding hydrogens is 270 g/mol. The number of carboxylic acids is 1. The lowest BCUT2D eigenvalue weighted by Gasteiger charge is -2.23. The van der Waals surface area contributed by atoms with Gasteiger partial charge in [-0.15, -0.1) is 0 Å². The number of carbonyl (C=O) groups is 2. The minimum absolute atomic E-state index is 0.00819. The Bertz CT molecular complexity index is 524. The van der Waals surface area contributed by atoms with Crippen molar-refractivity contribution < 1.29 is 14.7 Å². The van der Waals surface area contributed by atoms with Crippen molar-refractivity contribution >= 4 is 11.9 Å². The van der Waals surface area contributed by atoms with Gasteiger partial charge in [0.2, 0.25) is 0 Å². The minimum atomic E-state index is -0.828. The molecule has 1 amide bonds. The van der Waals surface area contributed by atoms with E-state index >= 15 is 0 Å². The number of hydrogen-bond donors (Lipinski definition) is 3. The van der Waals surface area contributed by atoms with Crippen molar-refractivity contribution in [2.45, 2.75) is 26.8 Å². The summed E-state index contributed by atoms with van der Waals surface area (Å²) in [5, 5.41) is 12.0. The Morgan fingerprint density at radius 3 is 2.71 bits per heavy atom. The summed E-state index contributed by atoms with van der Waals surface area (Å²) in [6.07, 6.45) is 1.75. The molecule has 0 aliphatic carbocycles. The molecule has 2 rings (SSSR count). The number of aryl methyl sites for hydroxylation is 1. The second-order valence-electron chi connectivity index (χ2n) is 6.09. The average Bonchev–Trinajstić information content (AvgIpc) is 2.95. The number of nitrogens with one attached hydrogen (secondary N) is 2. The van der Waals surface area contributed by atoms with Crippen LogP contribution in [0.4, 0.5) is 0 Å². The highest BCUT2D eigenvalue weighted by Crippen LogP contribution is 2.24. The van der Waals surface area contributed by atoms with Gasteiger partial charge in [-0.2, -0.15) is 0 Å². The molecule has 2 heterocycles. The van der Waals surface area contributed by atoms with Gasteiger partial charge in [0, 0.05) is 31.0 Å². The van der Waals surface area contributed by atoms with Crippen LogP contribution >= 0.6 is 0 Å². The van der Waals surface area contributed by atoms with Crippen LogP contribution in [0, 0.1) is 18.8 Å². The summed E-state index contributed by atoms with van der Waals surface area (Å²) < 4.78 is 0. The van der Waals surface area contributed by atoms with Gasteiger partial charge in [0.15, 0.2) is 0 Å². The molecule has 0 spiro atoms. The molecule has 1 saturated heterocycles. The van der Waals surface area contributed by atoms with E-state index in [1.807, 2.05) is 11.8 Å². The second kappa shape index (κ2) is 6.30. The Balaban J connectivity index is 2.04. The molecule has 0 saturated carbocycles. The highest BCUT2D eigenvalue weighted by atomic mass is 16.4. The van der Waals surface area contributed by atoms with Gasteiger partial charge in [0.05, 0.1) is 12.1 Å². The van der Waals surface area contributed by atoms with Crippen LogP contribution in [0.15, 0.2) is 12.3 Å². The molecule has 1 fully saturated rings. The molecule has 1 aliphatic rings. The molecular formula is C15H23N3O3. The van der Waals surface area contributed by atoms with Crippen LogP contribution in [-0.4, -0.2) is 52.5 Å². The van der Waals surface area contributed by atoms with E-state index in [-0.39, 0.29) is 24.4 Å². The standard InChI is InChI=1S/C15H23N3O3/c1-9(2)12-6-18(8-14(19)20)7-13(12)17-15(21)11-4-5-16-10(11)3/h4-5,9,12-13,16H,6-8H2,1-3H3,(H,17,21)(H,19,20)/t12-,13+/m0/s1. The summed E-state index contributed by atoms with van der Waals surface area (Å²) in [6.45, 7) is 7.40. The molecule has 6 nitrogen and oxygen atoms in total. The van der Waals surface area contributed by atoms with Gasteiger partial charge < -0.3 is 15.4 Å². The van der Waals surface area contributed by atoms with E-state index in [1.165, 1.54) is 0 Å². The van der Waals surface area contributed by atoms with Crippen LogP contribution in [0.25, 0.3) is 0 Å². The number of aliphatic carboxylic acids is 1. The first-order valence-electron chi connectivity index (χ1n) is 7.27. The van der Waals surface area contributed by atoms with Gasteiger partial charge in [-0.25, -0.2) is 0 Å². The zero-order valence-corrected chi connectivity index (χ0v) is 12.7. The lowest BCUT2D eigenvalue weighted by molar-refractivity contribution is -0.138. The van der Waals surface area contributed by atoms with Crippen molar-refractivity contribution in [3.8, 4) is 0 Å². The molecule has 116 valence electrons. The number of amides is 1. The number of aromatic nitrogens is 1. The lowest BCUT2D eigenvalue weighted by atomic mass is 9.91. The molecule has 0 unspecified atom stereocenters. The zero-order chi connectivity index (χ0) is 15.6. The van der Waals surface area contributed by atoms with Gasteiger partial charge >= 0.3 is 5.97 Å². The molecule has 1 aromatic heterocycles.